The number of carbonyl (C=O) groups is 2. The molecule has 3 heteroatoms. The van der Waals surface area contributed by atoms with Gasteiger partial charge in [0.15, 0.2) is 0 Å². The van der Waals surface area contributed by atoms with Crippen molar-refractivity contribution in [3.05, 3.63) is 0 Å². The van der Waals surface area contributed by atoms with Gasteiger partial charge in [-0.05, 0) is 20.3 Å². The molecule has 0 saturated heterocycles. The van der Waals surface area contributed by atoms with Gasteiger partial charge in [0.2, 0.25) is 0 Å². The number of ketones is 1. The molecule has 0 N–H and O–H groups in total. The minimum absolute atomic E-state index is 0.0663. The molecule has 0 aromatic carbocycles. The van der Waals surface area contributed by atoms with Crippen LogP contribution in [-0.2, 0) is 14.3 Å². The van der Waals surface area contributed by atoms with Crippen LogP contribution in [0.15, 0.2) is 0 Å². The van der Waals surface area contributed by atoms with Crippen LogP contribution in [0.25, 0.3) is 0 Å². The van der Waals surface area contributed by atoms with E-state index in [4.69, 9.17) is 4.74 Å². The van der Waals surface area contributed by atoms with Gasteiger partial charge in [-0.15, -0.1) is 0 Å². The van der Waals surface area contributed by atoms with Crippen LogP contribution in [0.4, 0.5) is 0 Å². The van der Waals surface area contributed by atoms with Crippen molar-refractivity contribution >= 4 is 11.8 Å². The van der Waals surface area contributed by atoms with E-state index < -0.39 is 0 Å². The molecule has 1 unspecified atom stereocenters. The van der Waals surface area contributed by atoms with Gasteiger partial charge in [-0.3, -0.25) is 4.79 Å². The summed E-state index contributed by atoms with van der Waals surface area (Å²) in [7, 11) is 0. The fraction of sp³-hybridized carbons (Fsp3) is 0.857. The monoisotopic (exact) mass is 242 g/mol. The van der Waals surface area contributed by atoms with E-state index in [2.05, 4.69) is 6.92 Å². The molecule has 0 heterocycles. The van der Waals surface area contributed by atoms with Crippen LogP contribution >= 0.6 is 0 Å². The lowest BCUT2D eigenvalue weighted by atomic mass is 9.95. The Morgan fingerprint density at radius 3 is 2.24 bits per heavy atom. The van der Waals surface area contributed by atoms with Crippen molar-refractivity contribution in [1.82, 2.24) is 0 Å². The van der Waals surface area contributed by atoms with Gasteiger partial charge in [-0.2, -0.15) is 0 Å². The maximum absolute atomic E-state index is 11.6. The summed E-state index contributed by atoms with van der Waals surface area (Å²) in [5.41, 5.74) is 0. The zero-order valence-corrected chi connectivity index (χ0v) is 11.5. The van der Waals surface area contributed by atoms with Crippen LogP contribution in [0.3, 0.4) is 0 Å². The van der Waals surface area contributed by atoms with E-state index in [9.17, 15) is 9.59 Å². The van der Waals surface area contributed by atoms with Crippen molar-refractivity contribution in [2.45, 2.75) is 65.7 Å². The van der Waals surface area contributed by atoms with Crippen LogP contribution in [0, 0.1) is 5.92 Å². The molecule has 0 aliphatic carbocycles. The first kappa shape index (κ1) is 16.1. The normalized spacial score (nSPS) is 12.2. The standard InChI is InChI=1S/C14H26O3/c1-4-6-7-8-9-10-13(11-12(3)15)14(16)17-5-2/h13H,4-11H2,1-3H3. The highest BCUT2D eigenvalue weighted by molar-refractivity contribution is 5.82. The van der Waals surface area contributed by atoms with Crippen molar-refractivity contribution in [2.75, 3.05) is 6.61 Å². The molecule has 100 valence electrons. The molecule has 0 radical (unpaired) electrons. The van der Waals surface area contributed by atoms with E-state index in [-0.39, 0.29) is 17.7 Å². The van der Waals surface area contributed by atoms with Crippen LogP contribution in [0.2, 0.25) is 0 Å². The Hall–Kier alpha value is -0.860. The molecule has 0 fully saturated rings. The first-order valence-corrected chi connectivity index (χ1v) is 6.77. The summed E-state index contributed by atoms with van der Waals surface area (Å²) < 4.78 is 4.99. The minimum Gasteiger partial charge on any atom is -0.466 e. The Balaban J connectivity index is 3.93. The molecular weight excluding hydrogens is 216 g/mol. The third kappa shape index (κ3) is 8.90. The summed E-state index contributed by atoms with van der Waals surface area (Å²) in [6.07, 6.45) is 6.94. The second kappa shape index (κ2) is 10.3. The van der Waals surface area contributed by atoms with Gasteiger partial charge < -0.3 is 9.53 Å². The molecule has 0 aromatic heterocycles. The lowest BCUT2D eigenvalue weighted by Crippen LogP contribution is -2.20. The summed E-state index contributed by atoms with van der Waals surface area (Å²) in [4.78, 5) is 22.7. The van der Waals surface area contributed by atoms with E-state index >= 15 is 0 Å². The van der Waals surface area contributed by atoms with Gasteiger partial charge >= 0.3 is 5.97 Å². The summed E-state index contributed by atoms with van der Waals surface area (Å²) in [6, 6.07) is 0. The van der Waals surface area contributed by atoms with Crippen molar-refractivity contribution < 1.29 is 14.3 Å². The van der Waals surface area contributed by atoms with Crippen LogP contribution in [-0.4, -0.2) is 18.4 Å². The third-order valence-corrected chi connectivity index (χ3v) is 2.81. The van der Waals surface area contributed by atoms with E-state index in [1.165, 1.54) is 26.2 Å². The minimum atomic E-state index is -0.228. The second-order valence-corrected chi connectivity index (χ2v) is 4.56. The van der Waals surface area contributed by atoms with Crippen molar-refractivity contribution in [1.29, 1.82) is 0 Å². The average Bonchev–Trinajstić information content (AvgIpc) is 2.27. The highest BCUT2D eigenvalue weighted by Crippen LogP contribution is 2.17. The molecule has 0 aromatic rings. The first-order valence-electron chi connectivity index (χ1n) is 6.77. The molecule has 3 nitrogen and oxygen atoms in total. The maximum atomic E-state index is 11.6. The SMILES string of the molecule is CCCCCCCC(CC(C)=O)C(=O)OCC. The van der Waals surface area contributed by atoms with E-state index in [1.807, 2.05) is 0 Å². The predicted molar refractivity (Wildman–Crippen MR) is 68.8 cm³/mol. The number of rotatable bonds is 10. The molecule has 0 amide bonds. The number of Topliss-reactive ketones (excluding diaryl/α,β-unsaturated/α-hetero) is 1. The molecular formula is C14H26O3. The summed E-state index contributed by atoms with van der Waals surface area (Å²) in [6.45, 7) is 5.90. The maximum Gasteiger partial charge on any atom is 0.309 e. The summed E-state index contributed by atoms with van der Waals surface area (Å²) in [5, 5.41) is 0. The van der Waals surface area contributed by atoms with Crippen molar-refractivity contribution in [3.8, 4) is 0 Å². The largest absolute Gasteiger partial charge is 0.466 e. The fourth-order valence-corrected chi connectivity index (χ4v) is 1.90. The predicted octanol–water partition coefficient (Wildman–Crippen LogP) is 3.51. The number of hydrogen-bond donors (Lipinski definition) is 0. The van der Waals surface area contributed by atoms with Crippen molar-refractivity contribution in [3.63, 3.8) is 0 Å². The number of hydrogen-bond acceptors (Lipinski definition) is 3. The number of ether oxygens (including phenoxy) is 1. The molecule has 0 aliphatic rings. The molecule has 0 saturated carbocycles. The van der Waals surface area contributed by atoms with Crippen molar-refractivity contribution in [2.24, 2.45) is 5.92 Å². The smallest absolute Gasteiger partial charge is 0.309 e. The quantitative estimate of drug-likeness (QED) is 0.435. The third-order valence-electron chi connectivity index (χ3n) is 2.81. The number of unbranched alkanes of at least 4 members (excludes halogenated alkanes) is 4. The Labute approximate surface area is 105 Å². The van der Waals surface area contributed by atoms with E-state index in [0.717, 1.165) is 19.3 Å². The summed E-state index contributed by atoms with van der Waals surface area (Å²) in [5.74, 6) is -0.371. The van der Waals surface area contributed by atoms with Gasteiger partial charge in [0, 0.05) is 6.42 Å². The lowest BCUT2D eigenvalue weighted by molar-refractivity contribution is -0.149. The number of esters is 1. The highest BCUT2D eigenvalue weighted by Gasteiger charge is 2.20. The average molecular weight is 242 g/mol. The van der Waals surface area contributed by atoms with Gasteiger partial charge in [-0.1, -0.05) is 39.0 Å². The topological polar surface area (TPSA) is 43.4 Å². The Morgan fingerprint density at radius 1 is 1.06 bits per heavy atom. The van der Waals surface area contributed by atoms with Crippen LogP contribution < -0.4 is 0 Å². The Morgan fingerprint density at radius 2 is 1.71 bits per heavy atom. The zero-order valence-electron chi connectivity index (χ0n) is 11.5. The lowest BCUT2D eigenvalue weighted by Gasteiger charge is -2.13. The zero-order chi connectivity index (χ0) is 13.1. The van der Waals surface area contributed by atoms with Gasteiger partial charge in [-0.25, -0.2) is 0 Å². The molecule has 1 atom stereocenters. The number of carbonyl (C=O) groups excluding carboxylic acids is 2. The Kier molecular flexibility index (Phi) is 9.78. The van der Waals surface area contributed by atoms with E-state index in [0.29, 0.717) is 13.0 Å². The molecule has 0 bridgehead atoms. The fourth-order valence-electron chi connectivity index (χ4n) is 1.90. The molecule has 0 aliphatic heterocycles. The summed E-state index contributed by atoms with van der Waals surface area (Å²) >= 11 is 0. The highest BCUT2D eigenvalue weighted by atomic mass is 16.5. The first-order chi connectivity index (χ1) is 8.11. The van der Waals surface area contributed by atoms with E-state index in [1.54, 1.807) is 6.92 Å². The molecule has 0 rings (SSSR count). The van der Waals surface area contributed by atoms with Gasteiger partial charge in [0.25, 0.3) is 0 Å². The molecule has 17 heavy (non-hydrogen) atoms. The van der Waals surface area contributed by atoms with Gasteiger partial charge in [0.05, 0.1) is 12.5 Å². The van der Waals surface area contributed by atoms with Crippen LogP contribution in [0.5, 0.6) is 0 Å². The second-order valence-electron chi connectivity index (χ2n) is 4.56. The van der Waals surface area contributed by atoms with Crippen LogP contribution in [0.1, 0.15) is 65.7 Å². The Bertz CT molecular complexity index is 224. The molecule has 0 spiro atoms. The van der Waals surface area contributed by atoms with Gasteiger partial charge in [0.1, 0.15) is 5.78 Å².